The molecule has 0 unspecified atom stereocenters. The second-order valence-corrected chi connectivity index (χ2v) is 10.0. The fraction of sp³-hybridized carbons (Fsp3) is 0.0588. The largest absolute Gasteiger partial charge is 0.497 e. The van der Waals surface area contributed by atoms with Crippen molar-refractivity contribution in [1.29, 1.82) is 0 Å². The van der Waals surface area contributed by atoms with Crippen LogP contribution in [0.4, 0.5) is 0 Å². The highest BCUT2D eigenvalue weighted by molar-refractivity contribution is 6.27. The van der Waals surface area contributed by atoms with Crippen LogP contribution >= 0.6 is 0 Å². The zero-order valence-corrected chi connectivity index (χ0v) is 21.4. The van der Waals surface area contributed by atoms with Crippen LogP contribution in [0, 0.1) is 6.92 Å². The summed E-state index contributed by atoms with van der Waals surface area (Å²) in [6.07, 6.45) is 3.74. The predicted molar refractivity (Wildman–Crippen MR) is 158 cm³/mol. The molecule has 8 aromatic rings. The zero-order valence-electron chi connectivity index (χ0n) is 21.4. The average molecular weight is 503 g/mol. The summed E-state index contributed by atoms with van der Waals surface area (Å²) in [5.74, 6) is 0.773. The molecule has 2 aromatic heterocycles. The third-order valence-corrected chi connectivity index (χ3v) is 7.66. The van der Waals surface area contributed by atoms with Gasteiger partial charge in [0.25, 0.3) is 0 Å². The average Bonchev–Trinajstić information content (AvgIpc) is 2.99. The molecule has 39 heavy (non-hydrogen) atoms. The zero-order chi connectivity index (χ0) is 26.1. The van der Waals surface area contributed by atoms with Gasteiger partial charge < -0.3 is 4.74 Å². The molecule has 0 N–H and O–H groups in total. The lowest BCUT2D eigenvalue weighted by molar-refractivity contribution is 0.415. The van der Waals surface area contributed by atoms with Crippen LogP contribution in [-0.2, 0) is 0 Å². The van der Waals surface area contributed by atoms with E-state index in [2.05, 4.69) is 67.6 Å². The molecule has 0 saturated heterocycles. The lowest BCUT2D eigenvalue weighted by atomic mass is 9.89. The number of aryl methyl sites for hydroxylation is 1. The fourth-order valence-corrected chi connectivity index (χ4v) is 5.75. The molecule has 0 aliphatic carbocycles. The molecule has 184 valence electrons. The Morgan fingerprint density at radius 3 is 1.67 bits per heavy atom. The minimum Gasteiger partial charge on any atom is -0.497 e. The number of ether oxygens (including phenoxy) is 1. The topological polar surface area (TPSA) is 60.8 Å². The van der Waals surface area contributed by atoms with Gasteiger partial charge in [-0.1, -0.05) is 54.6 Å². The maximum Gasteiger partial charge on any atom is 0.121 e. The summed E-state index contributed by atoms with van der Waals surface area (Å²) in [6, 6.07) is 29.5. The maximum absolute atomic E-state index is 5.35. The van der Waals surface area contributed by atoms with Crippen molar-refractivity contribution in [1.82, 2.24) is 19.9 Å². The quantitative estimate of drug-likeness (QED) is 0.228. The van der Waals surface area contributed by atoms with E-state index in [0.29, 0.717) is 0 Å². The third-order valence-electron chi connectivity index (χ3n) is 7.66. The lowest BCUT2D eigenvalue weighted by Crippen LogP contribution is -1.94. The molecular formula is C34H22N4O. The SMILES string of the molecule is COc1ccc2nc(-c3ccc4ccc5c(-c6cnc7cc(C)ccc7n6)ccc6ccc3c4c65)cnc2c1. The standard InChI is InChI=1S/C34H22N4O/c1-19-3-13-27-29(15-19)35-17-31(37-27)23-9-4-20-7-12-26-24(10-5-21-6-11-25(23)33(20)34(21)26)32-18-36-30-16-22(39-2)8-14-28(30)38-32/h3-18H,1-2H3. The molecule has 0 radical (unpaired) electrons. The van der Waals surface area contributed by atoms with Gasteiger partial charge in [0.1, 0.15) is 5.75 Å². The van der Waals surface area contributed by atoms with Crippen LogP contribution < -0.4 is 4.74 Å². The smallest absolute Gasteiger partial charge is 0.121 e. The van der Waals surface area contributed by atoms with Crippen molar-refractivity contribution < 1.29 is 4.74 Å². The van der Waals surface area contributed by atoms with Crippen LogP contribution in [-0.4, -0.2) is 27.0 Å². The Morgan fingerprint density at radius 1 is 0.538 bits per heavy atom. The minimum atomic E-state index is 0.773. The summed E-state index contributed by atoms with van der Waals surface area (Å²) in [5.41, 5.74) is 8.51. The van der Waals surface area contributed by atoms with Gasteiger partial charge in [-0.25, -0.2) is 9.97 Å². The molecule has 0 fully saturated rings. The van der Waals surface area contributed by atoms with E-state index in [4.69, 9.17) is 24.7 Å². The first-order valence-electron chi connectivity index (χ1n) is 12.9. The Hall–Kier alpha value is -5.16. The summed E-state index contributed by atoms with van der Waals surface area (Å²) >= 11 is 0. The number of fused-ring (bicyclic) bond motifs is 2. The van der Waals surface area contributed by atoms with E-state index in [-0.39, 0.29) is 0 Å². The Kier molecular flexibility index (Phi) is 4.58. The number of hydrogen-bond acceptors (Lipinski definition) is 5. The highest BCUT2D eigenvalue weighted by Crippen LogP contribution is 2.41. The molecule has 8 rings (SSSR count). The first kappa shape index (κ1) is 21.9. The van der Waals surface area contributed by atoms with Gasteiger partial charge in [-0.15, -0.1) is 0 Å². The summed E-state index contributed by atoms with van der Waals surface area (Å²) in [7, 11) is 1.66. The highest BCUT2D eigenvalue weighted by atomic mass is 16.5. The van der Waals surface area contributed by atoms with E-state index in [0.717, 1.165) is 55.7 Å². The van der Waals surface area contributed by atoms with Gasteiger partial charge in [0, 0.05) is 17.2 Å². The van der Waals surface area contributed by atoms with E-state index >= 15 is 0 Å². The van der Waals surface area contributed by atoms with Gasteiger partial charge in [-0.2, -0.15) is 0 Å². The molecule has 0 saturated carbocycles. The van der Waals surface area contributed by atoms with Crippen LogP contribution in [0.5, 0.6) is 5.75 Å². The minimum absolute atomic E-state index is 0.773. The molecule has 2 heterocycles. The van der Waals surface area contributed by atoms with Crippen LogP contribution in [0.15, 0.2) is 97.3 Å². The monoisotopic (exact) mass is 502 g/mol. The van der Waals surface area contributed by atoms with Crippen molar-refractivity contribution in [2.24, 2.45) is 0 Å². The third kappa shape index (κ3) is 3.33. The van der Waals surface area contributed by atoms with Crippen LogP contribution in [0.2, 0.25) is 0 Å². The van der Waals surface area contributed by atoms with Crippen LogP contribution in [0.3, 0.4) is 0 Å². The van der Waals surface area contributed by atoms with Gasteiger partial charge in [0.15, 0.2) is 0 Å². The number of aromatic nitrogens is 4. The molecule has 0 aliphatic rings. The van der Waals surface area contributed by atoms with Gasteiger partial charge in [-0.05, 0) is 69.1 Å². The van der Waals surface area contributed by atoms with Gasteiger partial charge in [-0.3, -0.25) is 9.97 Å². The predicted octanol–water partition coefficient (Wildman–Crippen LogP) is 8.12. The number of hydrogen-bond donors (Lipinski definition) is 0. The molecule has 0 aliphatic heterocycles. The molecule has 0 atom stereocenters. The molecule has 6 aromatic carbocycles. The number of rotatable bonds is 3. The maximum atomic E-state index is 5.35. The molecule has 0 bridgehead atoms. The fourth-order valence-electron chi connectivity index (χ4n) is 5.75. The van der Waals surface area contributed by atoms with Gasteiger partial charge in [0.2, 0.25) is 0 Å². The van der Waals surface area contributed by atoms with Crippen molar-refractivity contribution >= 4 is 54.4 Å². The van der Waals surface area contributed by atoms with Crippen molar-refractivity contribution in [3.63, 3.8) is 0 Å². The van der Waals surface area contributed by atoms with Crippen molar-refractivity contribution in [2.45, 2.75) is 6.92 Å². The first-order chi connectivity index (χ1) is 19.2. The van der Waals surface area contributed by atoms with E-state index in [1.54, 1.807) is 7.11 Å². The summed E-state index contributed by atoms with van der Waals surface area (Å²) < 4.78 is 5.35. The lowest BCUT2D eigenvalue weighted by Gasteiger charge is -2.16. The number of methoxy groups -OCH3 is 1. The van der Waals surface area contributed by atoms with E-state index in [9.17, 15) is 0 Å². The Morgan fingerprint density at radius 2 is 1.08 bits per heavy atom. The Bertz CT molecular complexity index is 2240. The van der Waals surface area contributed by atoms with E-state index in [1.807, 2.05) is 36.7 Å². The van der Waals surface area contributed by atoms with Crippen LogP contribution in [0.25, 0.3) is 76.9 Å². The normalized spacial score (nSPS) is 11.8. The van der Waals surface area contributed by atoms with Crippen molar-refractivity contribution in [2.75, 3.05) is 7.11 Å². The molecule has 5 nitrogen and oxygen atoms in total. The first-order valence-corrected chi connectivity index (χ1v) is 12.9. The highest BCUT2D eigenvalue weighted by Gasteiger charge is 2.16. The summed E-state index contributed by atoms with van der Waals surface area (Å²) in [6.45, 7) is 2.07. The van der Waals surface area contributed by atoms with E-state index < -0.39 is 0 Å². The number of benzene rings is 6. The second kappa shape index (κ2) is 8.17. The van der Waals surface area contributed by atoms with Crippen molar-refractivity contribution in [3.05, 3.63) is 103 Å². The van der Waals surface area contributed by atoms with Crippen molar-refractivity contribution in [3.8, 4) is 28.3 Å². The molecular weight excluding hydrogens is 480 g/mol. The van der Waals surface area contributed by atoms with Crippen LogP contribution in [0.1, 0.15) is 5.56 Å². The summed E-state index contributed by atoms with van der Waals surface area (Å²) in [4.78, 5) is 19.4. The Labute approximate surface area is 224 Å². The molecule has 0 spiro atoms. The summed E-state index contributed by atoms with van der Waals surface area (Å²) in [5, 5.41) is 7.18. The molecule has 5 heteroatoms. The second-order valence-electron chi connectivity index (χ2n) is 10.0. The van der Waals surface area contributed by atoms with Gasteiger partial charge >= 0.3 is 0 Å². The number of nitrogens with zero attached hydrogens (tertiary/aromatic N) is 4. The van der Waals surface area contributed by atoms with Gasteiger partial charge in [0.05, 0.1) is 53.0 Å². The molecule has 0 amide bonds. The Balaban J connectivity index is 1.36. The van der Waals surface area contributed by atoms with E-state index in [1.165, 1.54) is 32.5 Å².